The number of likely N-dealkylation sites (tertiary alicyclic amines) is 1. The first kappa shape index (κ1) is 14.8. The van der Waals surface area contributed by atoms with Gasteiger partial charge in [-0.2, -0.15) is 0 Å². The van der Waals surface area contributed by atoms with Crippen LogP contribution in [-0.2, 0) is 18.4 Å². The first-order valence-electron chi connectivity index (χ1n) is 7.82. The van der Waals surface area contributed by atoms with Crippen LogP contribution >= 0.6 is 0 Å². The Balaban J connectivity index is 1.95. The van der Waals surface area contributed by atoms with Crippen LogP contribution in [0.4, 0.5) is 0 Å². The zero-order valence-corrected chi connectivity index (χ0v) is 13.3. The lowest BCUT2D eigenvalue weighted by molar-refractivity contribution is -0.137. The number of imidazole rings is 1. The molecule has 0 radical (unpaired) electrons. The Labute approximate surface area is 129 Å². The van der Waals surface area contributed by atoms with E-state index < -0.39 is 0 Å². The summed E-state index contributed by atoms with van der Waals surface area (Å²) in [5, 5.41) is 0. The van der Waals surface area contributed by atoms with Crippen LogP contribution in [-0.4, -0.2) is 37.0 Å². The summed E-state index contributed by atoms with van der Waals surface area (Å²) in [5.74, 6) is 0.0122. The minimum atomic E-state index is -0.195. The largest absolute Gasteiger partial charge is 0.336 e. The molecule has 22 heavy (non-hydrogen) atoms. The van der Waals surface area contributed by atoms with Gasteiger partial charge in [0, 0.05) is 25.3 Å². The number of nitrogens with zero attached hydrogens (tertiary/aromatic N) is 4. The lowest BCUT2D eigenvalue weighted by Gasteiger charge is -2.39. The summed E-state index contributed by atoms with van der Waals surface area (Å²) < 4.78 is 3.02. The summed E-state index contributed by atoms with van der Waals surface area (Å²) in [4.78, 5) is 31.3. The Bertz CT molecular complexity index is 751. The normalized spacial score (nSPS) is 22.2. The van der Waals surface area contributed by atoms with Crippen molar-refractivity contribution in [1.29, 1.82) is 0 Å². The molecule has 2 atom stereocenters. The number of hydrogen-bond donors (Lipinski definition) is 0. The van der Waals surface area contributed by atoms with Crippen LogP contribution in [0.3, 0.4) is 0 Å². The van der Waals surface area contributed by atoms with Crippen molar-refractivity contribution in [1.82, 2.24) is 19.0 Å². The van der Waals surface area contributed by atoms with E-state index in [9.17, 15) is 9.59 Å². The molecule has 6 nitrogen and oxygen atoms in total. The second kappa shape index (κ2) is 5.59. The van der Waals surface area contributed by atoms with Crippen molar-refractivity contribution in [2.75, 3.05) is 0 Å². The third-order valence-electron chi connectivity index (χ3n) is 4.67. The molecule has 0 bridgehead atoms. The van der Waals surface area contributed by atoms with Gasteiger partial charge in [-0.1, -0.05) is 0 Å². The number of aryl methyl sites for hydroxylation is 1. The molecule has 1 saturated heterocycles. The second-order valence-electron chi connectivity index (χ2n) is 6.20. The third-order valence-corrected chi connectivity index (χ3v) is 4.67. The molecule has 1 aliphatic heterocycles. The molecule has 0 spiro atoms. The highest BCUT2D eigenvalue weighted by Gasteiger charge is 2.29. The Kier molecular flexibility index (Phi) is 3.76. The van der Waals surface area contributed by atoms with Crippen LogP contribution in [0.2, 0.25) is 0 Å². The zero-order chi connectivity index (χ0) is 15.9. The number of aromatic nitrogens is 3. The molecular weight excluding hydrogens is 280 g/mol. The van der Waals surface area contributed by atoms with Gasteiger partial charge in [0.05, 0.1) is 5.52 Å². The van der Waals surface area contributed by atoms with Crippen LogP contribution in [0, 0.1) is 0 Å². The van der Waals surface area contributed by atoms with Crippen LogP contribution in [0.25, 0.3) is 11.2 Å². The Morgan fingerprint density at radius 1 is 1.32 bits per heavy atom. The fourth-order valence-electron chi connectivity index (χ4n) is 3.51. The number of amides is 1. The molecular formula is C16H22N4O2. The molecule has 0 saturated carbocycles. The first-order chi connectivity index (χ1) is 10.5. The average molecular weight is 302 g/mol. The number of piperidine rings is 1. The third kappa shape index (κ3) is 2.32. The van der Waals surface area contributed by atoms with Crippen molar-refractivity contribution in [3.63, 3.8) is 0 Å². The summed E-state index contributed by atoms with van der Waals surface area (Å²) in [5.41, 5.74) is 1.13. The lowest BCUT2D eigenvalue weighted by Crippen LogP contribution is -2.49. The Hall–Kier alpha value is -2.11. The summed E-state index contributed by atoms with van der Waals surface area (Å²) in [7, 11) is 1.69. The van der Waals surface area contributed by atoms with Crippen molar-refractivity contribution in [3.8, 4) is 0 Å². The Morgan fingerprint density at radius 3 is 2.68 bits per heavy atom. The molecule has 0 aromatic carbocycles. The van der Waals surface area contributed by atoms with Gasteiger partial charge >= 0.3 is 5.69 Å². The highest BCUT2D eigenvalue weighted by atomic mass is 16.2. The first-order valence-corrected chi connectivity index (χ1v) is 7.82. The van der Waals surface area contributed by atoms with Crippen LogP contribution in [0.1, 0.15) is 33.1 Å². The summed E-state index contributed by atoms with van der Waals surface area (Å²) >= 11 is 0. The van der Waals surface area contributed by atoms with Crippen molar-refractivity contribution in [2.45, 2.75) is 51.7 Å². The standard InChI is InChI=1S/C16H22N4O2/c1-11-6-4-7-12(2)20(11)14(21)10-19-13-8-5-9-17-15(13)18(3)16(19)22/h5,8-9,11-12H,4,6-7,10H2,1-3H3/t11-,12+. The quantitative estimate of drug-likeness (QED) is 0.845. The molecule has 3 heterocycles. The van der Waals surface area contributed by atoms with E-state index in [0.717, 1.165) is 19.3 Å². The van der Waals surface area contributed by atoms with Gasteiger partial charge in [-0.15, -0.1) is 0 Å². The fourth-order valence-corrected chi connectivity index (χ4v) is 3.51. The van der Waals surface area contributed by atoms with Gasteiger partial charge in [-0.3, -0.25) is 13.9 Å². The highest BCUT2D eigenvalue weighted by molar-refractivity contribution is 5.80. The van der Waals surface area contributed by atoms with Crippen molar-refractivity contribution < 1.29 is 4.79 Å². The van der Waals surface area contributed by atoms with Crippen molar-refractivity contribution >= 4 is 17.1 Å². The monoisotopic (exact) mass is 302 g/mol. The molecule has 2 aromatic heterocycles. The summed E-state index contributed by atoms with van der Waals surface area (Å²) in [6, 6.07) is 4.09. The highest BCUT2D eigenvalue weighted by Crippen LogP contribution is 2.23. The molecule has 1 amide bonds. The molecule has 1 aliphatic rings. The number of fused-ring (bicyclic) bond motifs is 1. The smallest absolute Gasteiger partial charge is 0.330 e. The van der Waals surface area contributed by atoms with Gasteiger partial charge in [-0.05, 0) is 45.2 Å². The van der Waals surface area contributed by atoms with E-state index in [-0.39, 0.29) is 30.2 Å². The number of carbonyl (C=O) groups is 1. The van der Waals surface area contributed by atoms with Gasteiger partial charge < -0.3 is 4.90 Å². The molecule has 3 rings (SSSR count). The van der Waals surface area contributed by atoms with Crippen LogP contribution in [0.15, 0.2) is 23.1 Å². The van der Waals surface area contributed by atoms with Gasteiger partial charge in [0.25, 0.3) is 0 Å². The minimum absolute atomic E-state index is 0.0122. The molecule has 0 unspecified atom stereocenters. The molecule has 0 N–H and O–H groups in total. The van der Waals surface area contributed by atoms with Gasteiger partial charge in [-0.25, -0.2) is 9.78 Å². The van der Waals surface area contributed by atoms with E-state index in [0.29, 0.717) is 11.2 Å². The maximum atomic E-state index is 12.7. The van der Waals surface area contributed by atoms with E-state index in [4.69, 9.17) is 0 Å². The van der Waals surface area contributed by atoms with Crippen LogP contribution < -0.4 is 5.69 Å². The lowest BCUT2D eigenvalue weighted by atomic mass is 9.97. The zero-order valence-electron chi connectivity index (χ0n) is 13.3. The average Bonchev–Trinajstić information content (AvgIpc) is 2.73. The maximum absolute atomic E-state index is 12.7. The van der Waals surface area contributed by atoms with E-state index in [2.05, 4.69) is 18.8 Å². The number of hydrogen-bond acceptors (Lipinski definition) is 3. The molecule has 1 fully saturated rings. The second-order valence-corrected chi connectivity index (χ2v) is 6.20. The number of pyridine rings is 1. The summed E-state index contributed by atoms with van der Waals surface area (Å²) in [6.45, 7) is 4.25. The van der Waals surface area contributed by atoms with E-state index >= 15 is 0 Å². The molecule has 118 valence electrons. The fraction of sp³-hybridized carbons (Fsp3) is 0.562. The van der Waals surface area contributed by atoms with Gasteiger partial charge in [0.1, 0.15) is 6.54 Å². The number of carbonyl (C=O) groups excluding carboxylic acids is 1. The predicted octanol–water partition coefficient (Wildman–Crippen LogP) is 1.52. The van der Waals surface area contributed by atoms with Crippen molar-refractivity contribution in [2.24, 2.45) is 7.05 Å². The minimum Gasteiger partial charge on any atom is -0.336 e. The maximum Gasteiger partial charge on any atom is 0.330 e. The molecule has 6 heteroatoms. The van der Waals surface area contributed by atoms with Crippen LogP contribution in [0.5, 0.6) is 0 Å². The van der Waals surface area contributed by atoms with E-state index in [1.54, 1.807) is 19.3 Å². The van der Waals surface area contributed by atoms with Gasteiger partial charge in [0.2, 0.25) is 5.91 Å². The molecule has 2 aromatic rings. The topological polar surface area (TPSA) is 60.1 Å². The SMILES string of the molecule is C[C@@H]1CCC[C@H](C)N1C(=O)Cn1c(=O)n(C)c2ncccc21. The predicted molar refractivity (Wildman–Crippen MR) is 84.6 cm³/mol. The Morgan fingerprint density at radius 2 is 2.00 bits per heavy atom. The van der Waals surface area contributed by atoms with E-state index in [1.165, 1.54) is 9.13 Å². The molecule has 0 aliphatic carbocycles. The number of rotatable bonds is 2. The summed E-state index contributed by atoms with van der Waals surface area (Å²) in [6.07, 6.45) is 4.87. The van der Waals surface area contributed by atoms with Crippen molar-refractivity contribution in [3.05, 3.63) is 28.8 Å². The van der Waals surface area contributed by atoms with E-state index in [1.807, 2.05) is 11.0 Å². The van der Waals surface area contributed by atoms with Gasteiger partial charge in [0.15, 0.2) is 5.65 Å².